The van der Waals surface area contributed by atoms with E-state index in [1.165, 1.54) is 0 Å². The first-order valence-electron chi connectivity index (χ1n) is 6.28. The van der Waals surface area contributed by atoms with E-state index in [4.69, 9.17) is 5.11 Å². The molecule has 0 aromatic rings. The molecule has 0 aromatic carbocycles. The van der Waals surface area contributed by atoms with E-state index in [2.05, 4.69) is 5.32 Å². The summed E-state index contributed by atoms with van der Waals surface area (Å²) in [5.41, 5.74) is 0. The molecule has 0 radical (unpaired) electrons. The Morgan fingerprint density at radius 3 is 2.71 bits per heavy atom. The minimum absolute atomic E-state index is 0.0556. The maximum absolute atomic E-state index is 12.0. The first kappa shape index (κ1) is 14.0. The third kappa shape index (κ3) is 4.34. The normalized spacial score (nSPS) is 21.2. The van der Waals surface area contributed by atoms with Crippen molar-refractivity contribution < 1.29 is 14.7 Å². The lowest BCUT2D eigenvalue weighted by Crippen LogP contribution is -2.39. The summed E-state index contributed by atoms with van der Waals surface area (Å²) in [6, 6.07) is 0.275. The molecule has 0 aromatic heterocycles. The molecule has 1 heterocycles. The molecular formula is C12H22N2O3. The molecule has 2 unspecified atom stereocenters. The van der Waals surface area contributed by atoms with Crippen LogP contribution in [0.1, 0.15) is 33.1 Å². The van der Waals surface area contributed by atoms with Crippen molar-refractivity contribution in [3.63, 3.8) is 0 Å². The van der Waals surface area contributed by atoms with Gasteiger partial charge in [0.05, 0.1) is 5.92 Å². The molecular weight excluding hydrogens is 220 g/mol. The number of hydrogen-bond acceptors (Lipinski definition) is 3. The minimum Gasteiger partial charge on any atom is -0.481 e. The highest BCUT2D eigenvalue weighted by molar-refractivity contribution is 5.78. The van der Waals surface area contributed by atoms with Crippen molar-refractivity contribution in [1.29, 1.82) is 0 Å². The van der Waals surface area contributed by atoms with E-state index in [0.29, 0.717) is 19.5 Å². The van der Waals surface area contributed by atoms with Crippen molar-refractivity contribution in [1.82, 2.24) is 10.2 Å². The smallest absolute Gasteiger partial charge is 0.308 e. The van der Waals surface area contributed by atoms with Gasteiger partial charge < -0.3 is 15.3 Å². The maximum Gasteiger partial charge on any atom is 0.308 e. The number of carboxylic acid groups (broad SMARTS) is 1. The predicted octanol–water partition coefficient (Wildman–Crippen LogP) is 0.698. The van der Waals surface area contributed by atoms with Gasteiger partial charge in [0.15, 0.2) is 0 Å². The molecule has 1 saturated heterocycles. The number of carbonyl (C=O) groups is 2. The molecule has 0 spiro atoms. The third-order valence-corrected chi connectivity index (χ3v) is 3.23. The van der Waals surface area contributed by atoms with Gasteiger partial charge in [-0.25, -0.2) is 0 Å². The Balaban J connectivity index is 2.42. The number of nitrogens with zero attached hydrogens (tertiary/aromatic N) is 1. The molecule has 1 amide bonds. The lowest BCUT2D eigenvalue weighted by molar-refractivity contribution is -0.143. The summed E-state index contributed by atoms with van der Waals surface area (Å²) in [6.07, 6.45) is 2.65. The fourth-order valence-corrected chi connectivity index (χ4v) is 2.09. The first-order valence-corrected chi connectivity index (χ1v) is 6.28. The topological polar surface area (TPSA) is 69.6 Å². The van der Waals surface area contributed by atoms with Gasteiger partial charge in [-0.15, -0.1) is 0 Å². The Morgan fingerprint density at radius 1 is 1.53 bits per heavy atom. The Kier molecular flexibility index (Phi) is 5.41. The second-order valence-electron chi connectivity index (χ2n) is 4.67. The van der Waals surface area contributed by atoms with Crippen molar-refractivity contribution in [2.75, 3.05) is 19.6 Å². The van der Waals surface area contributed by atoms with E-state index in [0.717, 1.165) is 19.4 Å². The first-order chi connectivity index (χ1) is 8.04. The number of amides is 1. The van der Waals surface area contributed by atoms with E-state index in [1.807, 2.05) is 6.92 Å². The average molecular weight is 242 g/mol. The molecule has 1 fully saturated rings. The third-order valence-electron chi connectivity index (χ3n) is 3.23. The highest BCUT2D eigenvalue weighted by Crippen LogP contribution is 2.11. The van der Waals surface area contributed by atoms with Crippen LogP contribution in [-0.4, -0.2) is 47.6 Å². The largest absolute Gasteiger partial charge is 0.481 e. The van der Waals surface area contributed by atoms with Gasteiger partial charge in [-0.05, 0) is 26.3 Å². The van der Waals surface area contributed by atoms with Gasteiger partial charge in [-0.1, -0.05) is 6.92 Å². The number of hydrogen-bond donors (Lipinski definition) is 2. The van der Waals surface area contributed by atoms with Crippen molar-refractivity contribution in [2.24, 2.45) is 5.92 Å². The zero-order chi connectivity index (χ0) is 12.8. The van der Waals surface area contributed by atoms with E-state index >= 15 is 0 Å². The van der Waals surface area contributed by atoms with Crippen LogP contribution >= 0.6 is 0 Å². The lowest BCUT2D eigenvalue weighted by Gasteiger charge is -2.24. The van der Waals surface area contributed by atoms with Crippen LogP contribution < -0.4 is 5.32 Å². The molecule has 2 atom stereocenters. The van der Waals surface area contributed by atoms with Gasteiger partial charge in [0.25, 0.3) is 0 Å². The van der Waals surface area contributed by atoms with Gasteiger partial charge in [-0.3, -0.25) is 9.59 Å². The summed E-state index contributed by atoms with van der Waals surface area (Å²) >= 11 is 0. The van der Waals surface area contributed by atoms with Crippen LogP contribution in [0, 0.1) is 5.92 Å². The fraction of sp³-hybridized carbons (Fsp3) is 0.833. The van der Waals surface area contributed by atoms with Crippen molar-refractivity contribution >= 4 is 11.9 Å². The van der Waals surface area contributed by atoms with E-state index in [9.17, 15) is 9.59 Å². The molecule has 1 rings (SSSR count). The number of aliphatic carboxylic acids is 1. The lowest BCUT2D eigenvalue weighted by atomic mass is 10.1. The molecule has 17 heavy (non-hydrogen) atoms. The van der Waals surface area contributed by atoms with Crippen molar-refractivity contribution in [3.8, 4) is 0 Å². The molecule has 0 bridgehead atoms. The van der Waals surface area contributed by atoms with Crippen LogP contribution in [0.2, 0.25) is 0 Å². The van der Waals surface area contributed by atoms with Gasteiger partial charge >= 0.3 is 5.97 Å². The van der Waals surface area contributed by atoms with Gasteiger partial charge in [0.2, 0.25) is 5.91 Å². The number of carboxylic acids is 1. The second kappa shape index (κ2) is 6.59. The second-order valence-corrected chi connectivity index (χ2v) is 4.67. The fourth-order valence-electron chi connectivity index (χ4n) is 2.09. The Bertz CT molecular complexity index is 275. The van der Waals surface area contributed by atoms with Gasteiger partial charge in [0, 0.05) is 25.6 Å². The molecule has 0 saturated carbocycles. The summed E-state index contributed by atoms with van der Waals surface area (Å²) in [7, 11) is 0. The number of rotatable bonds is 6. The summed E-state index contributed by atoms with van der Waals surface area (Å²) in [6.45, 7) is 5.37. The predicted molar refractivity (Wildman–Crippen MR) is 64.7 cm³/mol. The Morgan fingerprint density at radius 2 is 2.24 bits per heavy atom. The summed E-state index contributed by atoms with van der Waals surface area (Å²) in [4.78, 5) is 24.4. The van der Waals surface area contributed by atoms with E-state index < -0.39 is 11.9 Å². The van der Waals surface area contributed by atoms with Crippen LogP contribution in [0.5, 0.6) is 0 Å². The molecule has 1 aliphatic heterocycles. The van der Waals surface area contributed by atoms with Crippen LogP contribution in [0.15, 0.2) is 0 Å². The minimum atomic E-state index is -0.852. The van der Waals surface area contributed by atoms with Crippen LogP contribution in [0.3, 0.4) is 0 Å². The van der Waals surface area contributed by atoms with Crippen LogP contribution in [0.25, 0.3) is 0 Å². The quantitative estimate of drug-likeness (QED) is 0.719. The van der Waals surface area contributed by atoms with Crippen LogP contribution in [-0.2, 0) is 9.59 Å². The standard InChI is InChI=1S/C12H22N2O3/c1-3-14(8-9(2)12(16)17)11(15)7-10-5-4-6-13-10/h9-10,13H,3-8H2,1-2H3,(H,16,17). The summed E-state index contributed by atoms with van der Waals surface area (Å²) in [5.74, 6) is -1.30. The Hall–Kier alpha value is -1.10. The SMILES string of the molecule is CCN(CC(C)C(=O)O)C(=O)CC1CCCN1. The highest BCUT2D eigenvalue weighted by Gasteiger charge is 2.23. The van der Waals surface area contributed by atoms with E-state index in [1.54, 1.807) is 11.8 Å². The number of carbonyl (C=O) groups excluding carboxylic acids is 1. The molecule has 5 heteroatoms. The highest BCUT2D eigenvalue weighted by atomic mass is 16.4. The van der Waals surface area contributed by atoms with Gasteiger partial charge in [-0.2, -0.15) is 0 Å². The number of nitrogens with one attached hydrogen (secondary N) is 1. The van der Waals surface area contributed by atoms with Crippen molar-refractivity contribution in [3.05, 3.63) is 0 Å². The average Bonchev–Trinajstić information content (AvgIpc) is 2.77. The molecule has 1 aliphatic rings. The zero-order valence-corrected chi connectivity index (χ0v) is 10.6. The maximum atomic E-state index is 12.0. The zero-order valence-electron chi connectivity index (χ0n) is 10.6. The monoisotopic (exact) mass is 242 g/mol. The molecule has 0 aliphatic carbocycles. The summed E-state index contributed by atoms with van der Waals surface area (Å²) < 4.78 is 0. The molecule has 98 valence electrons. The Labute approximate surface area is 102 Å². The van der Waals surface area contributed by atoms with Crippen LogP contribution in [0.4, 0.5) is 0 Å². The van der Waals surface area contributed by atoms with Gasteiger partial charge in [0.1, 0.15) is 0 Å². The molecule has 5 nitrogen and oxygen atoms in total. The van der Waals surface area contributed by atoms with E-state index in [-0.39, 0.29) is 11.9 Å². The van der Waals surface area contributed by atoms with Crippen molar-refractivity contribution in [2.45, 2.75) is 39.2 Å². The molecule has 2 N–H and O–H groups in total. The summed E-state index contributed by atoms with van der Waals surface area (Å²) in [5, 5.41) is 12.1.